The minimum atomic E-state index is -3.94. The van der Waals surface area contributed by atoms with Crippen LogP contribution in [0.25, 0.3) is 12.2 Å². The van der Waals surface area contributed by atoms with Gasteiger partial charge >= 0.3 is 0 Å². The zero-order valence-electron chi connectivity index (χ0n) is 20.3. The predicted octanol–water partition coefficient (Wildman–Crippen LogP) is 5.16. The van der Waals surface area contributed by atoms with Crippen LogP contribution in [-0.4, -0.2) is 44.0 Å². The molecular formula is C26H28ClN3O5S. The van der Waals surface area contributed by atoms with E-state index in [1.54, 1.807) is 37.3 Å². The number of sulfonamides is 1. The Morgan fingerprint density at radius 1 is 1.19 bits per heavy atom. The van der Waals surface area contributed by atoms with Crippen LogP contribution in [0.4, 0.5) is 5.69 Å². The summed E-state index contributed by atoms with van der Waals surface area (Å²) in [6.45, 7) is 3.97. The Bertz CT molecular complexity index is 1380. The lowest BCUT2D eigenvalue weighted by Crippen LogP contribution is -2.43. The van der Waals surface area contributed by atoms with E-state index in [0.717, 1.165) is 11.1 Å². The van der Waals surface area contributed by atoms with E-state index in [1.807, 2.05) is 31.2 Å². The maximum Gasteiger partial charge on any atom is 0.248 e. The molecule has 0 bridgehead atoms. The molecule has 0 radical (unpaired) electrons. The van der Waals surface area contributed by atoms with Crippen LogP contribution in [0, 0.1) is 19.8 Å². The standard InChI is InChI=1S/C26H28ClN3O5S/c1-17-6-8-19(9-7-17)10-12-24-25(18(2)29-35-24)36(32,33)30-14-4-5-20(16-30)26(31)28-21-11-13-23(34-3)22(27)15-21/h6-13,15,20H,4-5,14,16H2,1-3H3,(H,28,31)/b12-10+/t20-/m0/s1. The second-order valence-electron chi connectivity index (χ2n) is 8.75. The number of aromatic nitrogens is 1. The highest BCUT2D eigenvalue weighted by Crippen LogP contribution is 2.31. The van der Waals surface area contributed by atoms with E-state index in [0.29, 0.717) is 35.8 Å². The second-order valence-corrected chi connectivity index (χ2v) is 11.0. The molecule has 1 aliphatic rings. The molecule has 8 nitrogen and oxygen atoms in total. The van der Waals surface area contributed by atoms with Crippen molar-refractivity contribution in [2.45, 2.75) is 31.6 Å². The van der Waals surface area contributed by atoms with Gasteiger partial charge in [0, 0.05) is 18.8 Å². The van der Waals surface area contributed by atoms with E-state index < -0.39 is 15.9 Å². The molecule has 3 aromatic rings. The molecule has 1 amide bonds. The fourth-order valence-corrected chi connectivity index (χ4v) is 6.17. The van der Waals surface area contributed by atoms with Crippen molar-refractivity contribution in [2.75, 3.05) is 25.5 Å². The van der Waals surface area contributed by atoms with Gasteiger partial charge in [0.1, 0.15) is 11.4 Å². The molecule has 4 rings (SSSR count). The molecule has 190 valence electrons. The number of halogens is 1. The number of methoxy groups -OCH3 is 1. The number of ether oxygens (including phenoxy) is 1. The Balaban J connectivity index is 1.51. The van der Waals surface area contributed by atoms with Crippen molar-refractivity contribution in [1.29, 1.82) is 0 Å². The number of nitrogens with one attached hydrogen (secondary N) is 1. The molecule has 1 fully saturated rings. The number of rotatable bonds is 7. The van der Waals surface area contributed by atoms with E-state index in [4.69, 9.17) is 20.9 Å². The summed E-state index contributed by atoms with van der Waals surface area (Å²) in [6, 6.07) is 12.8. The lowest BCUT2D eigenvalue weighted by molar-refractivity contribution is -0.120. The summed E-state index contributed by atoms with van der Waals surface area (Å²) in [4.78, 5) is 13.0. The highest BCUT2D eigenvalue weighted by molar-refractivity contribution is 7.89. The fraction of sp³-hybridized carbons (Fsp3) is 0.308. The van der Waals surface area contributed by atoms with E-state index in [-0.39, 0.29) is 28.8 Å². The first kappa shape index (κ1) is 25.9. The number of nitrogens with zero attached hydrogens (tertiary/aromatic N) is 2. The minimum Gasteiger partial charge on any atom is -0.495 e. The summed E-state index contributed by atoms with van der Waals surface area (Å²) >= 11 is 6.16. The predicted molar refractivity (Wildman–Crippen MR) is 139 cm³/mol. The van der Waals surface area contributed by atoms with Crippen LogP contribution in [0.1, 0.15) is 35.4 Å². The molecular weight excluding hydrogens is 502 g/mol. The van der Waals surface area contributed by atoms with E-state index in [1.165, 1.54) is 11.4 Å². The number of carbonyl (C=O) groups is 1. The quantitative estimate of drug-likeness (QED) is 0.453. The van der Waals surface area contributed by atoms with Crippen LogP contribution < -0.4 is 10.1 Å². The third-order valence-electron chi connectivity index (χ3n) is 6.11. The van der Waals surface area contributed by atoms with Crippen LogP contribution in [0.5, 0.6) is 5.75 Å². The van der Waals surface area contributed by atoms with Gasteiger partial charge in [0.25, 0.3) is 0 Å². The van der Waals surface area contributed by atoms with Crippen molar-refractivity contribution < 1.29 is 22.5 Å². The zero-order valence-corrected chi connectivity index (χ0v) is 21.9. The fourth-order valence-electron chi connectivity index (χ4n) is 4.14. The van der Waals surface area contributed by atoms with Gasteiger partial charge in [0.2, 0.25) is 15.9 Å². The Labute approximate surface area is 215 Å². The molecule has 2 aromatic carbocycles. The van der Waals surface area contributed by atoms with Crippen molar-refractivity contribution in [3.8, 4) is 5.75 Å². The number of amides is 1. The van der Waals surface area contributed by atoms with Gasteiger partial charge in [-0.2, -0.15) is 4.31 Å². The number of anilines is 1. The monoisotopic (exact) mass is 529 g/mol. The summed E-state index contributed by atoms with van der Waals surface area (Å²) in [5.41, 5.74) is 2.83. The van der Waals surface area contributed by atoms with Gasteiger partial charge in [-0.15, -0.1) is 0 Å². The van der Waals surface area contributed by atoms with Crippen molar-refractivity contribution in [2.24, 2.45) is 5.92 Å². The van der Waals surface area contributed by atoms with Crippen LogP contribution in [0.2, 0.25) is 5.02 Å². The second kappa shape index (κ2) is 10.9. The van der Waals surface area contributed by atoms with E-state index >= 15 is 0 Å². The first-order valence-corrected chi connectivity index (χ1v) is 13.4. The number of aryl methyl sites for hydroxylation is 2. The lowest BCUT2D eigenvalue weighted by Gasteiger charge is -2.31. The molecule has 36 heavy (non-hydrogen) atoms. The average Bonchev–Trinajstić information content (AvgIpc) is 3.25. The Kier molecular flexibility index (Phi) is 7.82. The normalized spacial score (nSPS) is 16.8. The largest absolute Gasteiger partial charge is 0.495 e. The number of carbonyl (C=O) groups excluding carboxylic acids is 1. The Morgan fingerprint density at radius 2 is 1.94 bits per heavy atom. The summed E-state index contributed by atoms with van der Waals surface area (Å²) in [7, 11) is -2.43. The maximum atomic E-state index is 13.6. The zero-order chi connectivity index (χ0) is 25.9. The summed E-state index contributed by atoms with van der Waals surface area (Å²) in [6.07, 6.45) is 4.52. The van der Waals surface area contributed by atoms with Gasteiger partial charge in [-0.1, -0.05) is 52.7 Å². The van der Waals surface area contributed by atoms with Gasteiger partial charge < -0.3 is 14.6 Å². The third-order valence-corrected chi connectivity index (χ3v) is 8.43. The highest BCUT2D eigenvalue weighted by atomic mass is 35.5. The Morgan fingerprint density at radius 3 is 2.64 bits per heavy atom. The number of hydrogen-bond donors (Lipinski definition) is 1. The van der Waals surface area contributed by atoms with Gasteiger partial charge in [-0.3, -0.25) is 4.79 Å². The van der Waals surface area contributed by atoms with Crippen molar-refractivity contribution >= 4 is 45.4 Å². The van der Waals surface area contributed by atoms with Crippen molar-refractivity contribution in [3.63, 3.8) is 0 Å². The van der Waals surface area contributed by atoms with Gasteiger partial charge in [-0.25, -0.2) is 8.42 Å². The first-order chi connectivity index (χ1) is 17.2. The smallest absolute Gasteiger partial charge is 0.248 e. The number of piperidine rings is 1. The average molecular weight is 530 g/mol. The summed E-state index contributed by atoms with van der Waals surface area (Å²) in [5, 5.41) is 7.11. The van der Waals surface area contributed by atoms with E-state index in [9.17, 15) is 13.2 Å². The lowest BCUT2D eigenvalue weighted by atomic mass is 9.98. The van der Waals surface area contributed by atoms with Crippen LogP contribution in [-0.2, 0) is 14.8 Å². The number of benzene rings is 2. The molecule has 1 aliphatic heterocycles. The summed E-state index contributed by atoms with van der Waals surface area (Å²) in [5.74, 6) is -0.118. The molecule has 0 aliphatic carbocycles. The Hall–Kier alpha value is -3.14. The summed E-state index contributed by atoms with van der Waals surface area (Å²) < 4.78 is 39.1. The van der Waals surface area contributed by atoms with Crippen LogP contribution in [0.3, 0.4) is 0 Å². The van der Waals surface area contributed by atoms with Crippen LogP contribution >= 0.6 is 11.6 Å². The molecule has 1 atom stereocenters. The van der Waals surface area contributed by atoms with Crippen LogP contribution in [0.15, 0.2) is 51.9 Å². The molecule has 0 saturated carbocycles. The molecule has 0 spiro atoms. The van der Waals surface area contributed by atoms with Crippen molar-refractivity contribution in [1.82, 2.24) is 9.46 Å². The molecule has 10 heteroatoms. The highest BCUT2D eigenvalue weighted by Gasteiger charge is 2.37. The van der Waals surface area contributed by atoms with Gasteiger partial charge in [0.05, 0.1) is 18.1 Å². The van der Waals surface area contributed by atoms with Crippen molar-refractivity contribution in [3.05, 3.63) is 70.1 Å². The molecule has 2 heterocycles. The first-order valence-electron chi connectivity index (χ1n) is 11.5. The molecule has 1 aromatic heterocycles. The van der Waals surface area contributed by atoms with Gasteiger partial charge in [0.15, 0.2) is 10.7 Å². The maximum absolute atomic E-state index is 13.6. The molecule has 0 unspecified atom stereocenters. The van der Waals surface area contributed by atoms with Gasteiger partial charge in [-0.05, 0) is 56.5 Å². The van der Waals surface area contributed by atoms with E-state index in [2.05, 4.69) is 10.5 Å². The topological polar surface area (TPSA) is 102 Å². The molecule has 1 saturated heterocycles. The number of hydrogen-bond acceptors (Lipinski definition) is 6. The minimum absolute atomic E-state index is 0.0221. The SMILES string of the molecule is COc1ccc(NC(=O)[C@H]2CCCN(S(=O)(=O)c3c(C)noc3/C=C/c3ccc(C)cc3)C2)cc1Cl. The third kappa shape index (κ3) is 5.64. The molecule has 1 N–H and O–H groups in total.